The number of rotatable bonds is 19. The molecule has 2 amide bonds. The van der Waals surface area contributed by atoms with Crippen LogP contribution < -0.4 is 35.3 Å². The smallest absolute Gasteiger partial charge is 0.416 e. The number of nitrogens with two attached hydrogens (primary N) is 1. The fourth-order valence-electron chi connectivity index (χ4n) is 14.3. The Balaban J connectivity index is 0.000000185. The molecule has 4 aliphatic heterocycles. The summed E-state index contributed by atoms with van der Waals surface area (Å²) in [6.45, 7) is 0.703. The Kier molecular flexibility index (Phi) is 30.7. The number of methoxy groups -OCH3 is 2. The molecule has 29 nitrogen and oxygen atoms in total. The number of sulfone groups is 1. The van der Waals surface area contributed by atoms with Crippen LogP contribution in [-0.2, 0) is 91.0 Å². The highest BCUT2D eigenvalue weighted by Gasteiger charge is 2.80. The van der Waals surface area contributed by atoms with Crippen LogP contribution in [0.25, 0.3) is 0 Å². The van der Waals surface area contributed by atoms with Crippen LogP contribution >= 0.6 is 35.3 Å². The summed E-state index contributed by atoms with van der Waals surface area (Å²) in [5, 5.41) is 13.8. The molecule has 5 aromatic carbocycles. The van der Waals surface area contributed by atoms with Crippen molar-refractivity contribution in [1.29, 1.82) is 0 Å². The van der Waals surface area contributed by atoms with E-state index in [4.69, 9.17) is 10.8 Å². The van der Waals surface area contributed by atoms with Gasteiger partial charge in [-0.05, 0) is 130 Å². The number of nitrogen functional groups attached to an aromatic ring is 1. The van der Waals surface area contributed by atoms with Crippen LogP contribution in [0.15, 0.2) is 91.0 Å². The molecular formula is C70H74F21N11O18S8. The molecule has 9 N–H and O–H groups in total. The summed E-state index contributed by atoms with van der Waals surface area (Å²) in [4.78, 5) is 59.5. The number of halogens is 21. The topological polar surface area (TPSA) is 406 Å². The fourth-order valence-corrected chi connectivity index (χ4v) is 24.1. The monoisotopic (exact) mass is 2010 g/mol. The summed E-state index contributed by atoms with van der Waals surface area (Å²) in [6.07, 6.45) is -34.7. The second-order valence-corrected chi connectivity index (χ2v) is 42.4. The predicted molar refractivity (Wildman–Crippen MR) is 423 cm³/mol. The van der Waals surface area contributed by atoms with Gasteiger partial charge in [0.05, 0.1) is 115 Å². The van der Waals surface area contributed by atoms with Gasteiger partial charge >= 0.3 is 102 Å². The van der Waals surface area contributed by atoms with Crippen LogP contribution in [0.4, 0.5) is 121 Å². The second kappa shape index (κ2) is 38.1. The molecule has 5 aromatic rings. The van der Waals surface area contributed by atoms with Gasteiger partial charge in [-0.15, -0.1) is 0 Å². The SMILES string of the molecule is COC(=O)c1cc(C(F)(F)F)ccc1N.COC(=O)c1cc(C(F)(F)F)ccc1NS(=O)(=O)N1CCSCC1.O=C(NC12CC(C(F)(F)F)(C1)C2)c1cc(C(F)(F)F)ccc1NS(=O)(=O)N1CCS(=O)(=O)CC1.O=C(NC12CC(C(F)(F)F)(C1)C2)c1cc(C(F)(F)F)ccc1NS(=O)(=O)N1CCSCC1.O=C(O)c1cc(C(F)(F)F)ccc1NS(=O)(=O)N1CCSCC1. The number of thioether (sulfide) groups is 3. The molecule has 4 bridgehead atoms. The number of aromatic carboxylic acids is 1. The number of carbonyl (C=O) groups excluding carboxylic acids is 4. The normalized spacial score (nSPS) is 22.3. The molecule has 0 aromatic heterocycles. The Bertz CT molecular complexity index is 5570. The first-order valence-electron chi connectivity index (χ1n) is 36.7. The highest BCUT2D eigenvalue weighted by atomic mass is 32.2. The molecule has 4 saturated heterocycles. The second-order valence-electron chi connectivity index (χ2n) is 29.7. The summed E-state index contributed by atoms with van der Waals surface area (Å²) >= 11 is 4.74. The molecule has 6 aliphatic carbocycles. The molecule has 128 heavy (non-hydrogen) atoms. The number of alkyl halides is 21. The third-order valence-corrected chi connectivity index (χ3v) is 31.4. The van der Waals surface area contributed by atoms with E-state index >= 15 is 0 Å². The van der Waals surface area contributed by atoms with E-state index < -0.39 is 238 Å². The van der Waals surface area contributed by atoms with Gasteiger partial charge in [0.25, 0.3) is 11.8 Å². The number of amides is 2. The Labute approximate surface area is 728 Å². The average Bonchev–Trinajstić information content (AvgIpc) is 0.669. The molecule has 6 saturated carbocycles. The number of anilines is 5. The van der Waals surface area contributed by atoms with Crippen molar-refractivity contribution in [3.05, 3.63) is 147 Å². The van der Waals surface area contributed by atoms with E-state index in [2.05, 4.69) is 34.3 Å². The lowest BCUT2D eigenvalue weighted by Gasteiger charge is -2.70. The van der Waals surface area contributed by atoms with Gasteiger partial charge in [-0.1, -0.05) is 0 Å². The third kappa shape index (κ3) is 24.7. The van der Waals surface area contributed by atoms with E-state index in [0.29, 0.717) is 89.1 Å². The number of hydrogen-bond donors (Lipinski definition) is 8. The molecule has 58 heteroatoms. The predicted octanol–water partition coefficient (Wildman–Crippen LogP) is 12.3. The standard InChI is InChI=1S/C18H19F6N3O5S2.C18H19F6N3O3S2.C13H15F3N2O4S2.C12H13F3N2O4S2.C9H8F3NO2/c19-17(20,21)11-1-2-13(26-34(31,32)27-3-5-33(29,30)6-4-27)12(7-11)14(28)25-16-8-15(9-16,10-16)18(22,23)24;19-17(20,21)11-1-2-13(26-32(29,30)27-3-5-31-6-4-27)12(7-11)14(28)25-16-8-15(9-16,10-16)18(22,23)24;1-22-12(19)10-8-9(13(14,15)16)2-3-11(10)17-24(20,21)18-4-6-23-7-5-18;13-12(14,15)8-1-2-10(9(7-8)11(18)19)16-23(20,21)17-3-5-22-6-4-17;1-15-8(14)6-4-5(9(10,11)12)2-3-7(6)13/h1-2,7,26H,3-6,8-10H2,(H,25,28);1-2,7,26H,3-6,8-10H2,(H,25,28);2-3,8,17H,4-7H2,1H3;1-2,7,16H,3-6H2,(H,18,19);2-4H,13H2,1H3. The number of ether oxygens (including phenoxy) is 2. The quantitative estimate of drug-likeness (QED) is 0.0216. The first kappa shape index (κ1) is 103. The van der Waals surface area contributed by atoms with Crippen molar-refractivity contribution in [3.63, 3.8) is 0 Å². The maximum absolute atomic E-state index is 13.2. The number of carboxylic acid groups (broad SMARTS) is 1. The summed E-state index contributed by atoms with van der Waals surface area (Å²) in [5.41, 5.74) is -10.8. The van der Waals surface area contributed by atoms with Gasteiger partial charge < -0.3 is 30.9 Å². The highest BCUT2D eigenvalue weighted by molar-refractivity contribution is 8.00. The first-order valence-corrected chi connectivity index (χ1v) is 47.8. The van der Waals surface area contributed by atoms with Gasteiger partial charge in [-0.25, -0.2) is 22.8 Å². The molecule has 0 radical (unpaired) electrons. The maximum Gasteiger partial charge on any atom is 0.416 e. The van der Waals surface area contributed by atoms with Crippen LogP contribution in [0.2, 0.25) is 0 Å². The minimum absolute atomic E-state index is 0.0464. The molecule has 0 unspecified atom stereocenters. The van der Waals surface area contributed by atoms with E-state index in [9.17, 15) is 158 Å². The van der Waals surface area contributed by atoms with Crippen molar-refractivity contribution in [3.8, 4) is 0 Å². The Morgan fingerprint density at radius 1 is 0.375 bits per heavy atom. The summed E-state index contributed by atoms with van der Waals surface area (Å²) in [7, 11) is -17.9. The van der Waals surface area contributed by atoms with Crippen LogP contribution in [0.5, 0.6) is 0 Å². The van der Waals surface area contributed by atoms with Crippen molar-refractivity contribution in [2.75, 3.05) is 137 Å². The molecule has 4 heterocycles. The number of nitrogens with one attached hydrogen (secondary N) is 6. The van der Waals surface area contributed by atoms with Crippen molar-refractivity contribution >= 4 is 144 Å². The zero-order chi connectivity index (χ0) is 95.8. The molecule has 0 spiro atoms. The third-order valence-electron chi connectivity index (χ3n) is 20.8. The maximum atomic E-state index is 13.2. The molecule has 10 aliphatic rings. The van der Waals surface area contributed by atoms with Crippen LogP contribution in [0, 0.1) is 10.8 Å². The number of hydrogen-bond acceptors (Lipinski definition) is 21. The van der Waals surface area contributed by atoms with Gasteiger partial charge in [0, 0.05) is 104 Å². The zero-order valence-corrected chi connectivity index (χ0v) is 72.2. The van der Waals surface area contributed by atoms with Crippen molar-refractivity contribution in [2.45, 2.75) is 92.8 Å². The van der Waals surface area contributed by atoms with Crippen LogP contribution in [0.1, 0.15) is 118 Å². The van der Waals surface area contributed by atoms with Crippen LogP contribution in [-0.4, -0.2) is 230 Å². The molecule has 0 atom stereocenters. The molecule has 15 rings (SSSR count). The van der Waals surface area contributed by atoms with Gasteiger partial charge in [0.2, 0.25) is 0 Å². The minimum atomic E-state index is -4.87. The van der Waals surface area contributed by atoms with E-state index in [1.807, 2.05) is 4.72 Å². The summed E-state index contributed by atoms with van der Waals surface area (Å²) in [6, 6.07) is 10.2. The largest absolute Gasteiger partial charge is 0.478 e. The number of carbonyl (C=O) groups is 5. The van der Waals surface area contributed by atoms with E-state index in [-0.39, 0.29) is 94.2 Å². The van der Waals surface area contributed by atoms with E-state index in [1.165, 1.54) is 4.31 Å². The number of nitrogens with zero attached hydrogens (tertiary/aromatic N) is 4. The first-order chi connectivity index (χ1) is 58.7. The molecule has 10 fully saturated rings. The zero-order valence-electron chi connectivity index (χ0n) is 65.7. The van der Waals surface area contributed by atoms with Crippen LogP contribution in [0.3, 0.4) is 0 Å². The van der Waals surface area contributed by atoms with E-state index in [1.54, 1.807) is 35.3 Å². The number of esters is 2. The number of carboxylic acids is 1. The van der Waals surface area contributed by atoms with Gasteiger partial charge in [-0.2, -0.15) is 178 Å². The molecular weight excluding hydrogens is 1940 g/mol. The number of benzene rings is 5. The Morgan fingerprint density at radius 3 is 0.875 bits per heavy atom. The Morgan fingerprint density at radius 2 is 0.609 bits per heavy atom. The van der Waals surface area contributed by atoms with Gasteiger partial charge in [0.1, 0.15) is 0 Å². The fraction of sp³-hybridized carbons (Fsp3) is 0.500. The van der Waals surface area contributed by atoms with E-state index in [0.717, 1.165) is 63.5 Å². The lowest BCUT2D eigenvalue weighted by molar-refractivity contribution is -0.336. The van der Waals surface area contributed by atoms with Gasteiger partial charge in [-0.3, -0.25) is 28.5 Å². The molecule has 712 valence electrons. The van der Waals surface area contributed by atoms with Gasteiger partial charge in [0.15, 0.2) is 9.84 Å². The van der Waals surface area contributed by atoms with Crippen molar-refractivity contribution < 1.29 is 173 Å². The Hall–Kier alpha value is -8.38. The highest BCUT2D eigenvalue weighted by Crippen LogP contribution is 2.74. The summed E-state index contributed by atoms with van der Waals surface area (Å²) in [5.74, 6) is -3.17. The lowest BCUT2D eigenvalue weighted by atomic mass is 9.39. The van der Waals surface area contributed by atoms with Crippen molar-refractivity contribution in [1.82, 2.24) is 27.9 Å². The summed E-state index contributed by atoms with van der Waals surface area (Å²) < 4.78 is 415. The lowest BCUT2D eigenvalue weighted by Crippen LogP contribution is -2.78. The average molecular weight is 2010 g/mol. The van der Waals surface area contributed by atoms with Crippen molar-refractivity contribution in [2.24, 2.45) is 10.8 Å². The minimum Gasteiger partial charge on any atom is -0.478 e.